The van der Waals surface area contributed by atoms with E-state index in [1.807, 2.05) is 29.9 Å². The van der Waals surface area contributed by atoms with Gasteiger partial charge in [-0.25, -0.2) is 0 Å². The lowest BCUT2D eigenvalue weighted by Gasteiger charge is -2.20. The van der Waals surface area contributed by atoms with Gasteiger partial charge in [0.25, 0.3) is 0 Å². The monoisotopic (exact) mass is 260 g/mol. The van der Waals surface area contributed by atoms with Crippen LogP contribution in [0.1, 0.15) is 19.4 Å². The van der Waals surface area contributed by atoms with Crippen molar-refractivity contribution in [1.29, 1.82) is 0 Å². The van der Waals surface area contributed by atoms with Crippen LogP contribution in [-0.2, 0) is 17.9 Å². The fraction of sp³-hybridized carbons (Fsp3) is 0.400. The Kier molecular flexibility index (Phi) is 3.62. The SMILES string of the molecule is CNCc1cccc2c1ccn2CC(C)(C)C(=O)O. The topological polar surface area (TPSA) is 54.3 Å². The number of rotatable bonds is 5. The Morgan fingerprint density at radius 2 is 2.11 bits per heavy atom. The van der Waals surface area contributed by atoms with Crippen molar-refractivity contribution in [1.82, 2.24) is 9.88 Å². The van der Waals surface area contributed by atoms with Gasteiger partial charge in [-0.15, -0.1) is 0 Å². The second-order valence-electron chi connectivity index (χ2n) is 5.51. The quantitative estimate of drug-likeness (QED) is 0.868. The maximum absolute atomic E-state index is 11.2. The Morgan fingerprint density at radius 3 is 2.74 bits per heavy atom. The molecule has 0 fully saturated rings. The first-order chi connectivity index (χ1) is 8.95. The Bertz CT molecular complexity index is 599. The van der Waals surface area contributed by atoms with Gasteiger partial charge in [0, 0.05) is 30.2 Å². The number of carbonyl (C=O) groups is 1. The minimum absolute atomic E-state index is 0.467. The van der Waals surface area contributed by atoms with E-state index in [2.05, 4.69) is 17.4 Å². The number of aliphatic carboxylic acids is 1. The standard InChI is InChI=1S/C15H20N2O2/c1-15(2,14(18)19)10-17-8-7-12-11(9-16-3)5-4-6-13(12)17/h4-8,16H,9-10H2,1-3H3,(H,18,19). The zero-order valence-electron chi connectivity index (χ0n) is 11.6. The van der Waals surface area contributed by atoms with Crippen LogP contribution in [0.2, 0.25) is 0 Å². The van der Waals surface area contributed by atoms with E-state index in [9.17, 15) is 9.90 Å². The number of hydrogen-bond acceptors (Lipinski definition) is 2. The van der Waals surface area contributed by atoms with E-state index < -0.39 is 11.4 Å². The third-order valence-electron chi connectivity index (χ3n) is 3.42. The first-order valence-corrected chi connectivity index (χ1v) is 6.40. The smallest absolute Gasteiger partial charge is 0.310 e. The summed E-state index contributed by atoms with van der Waals surface area (Å²) in [5, 5.41) is 13.6. The molecule has 0 amide bonds. The second-order valence-corrected chi connectivity index (χ2v) is 5.51. The minimum Gasteiger partial charge on any atom is -0.481 e. The normalized spacial score (nSPS) is 11.9. The Morgan fingerprint density at radius 1 is 1.37 bits per heavy atom. The number of hydrogen-bond donors (Lipinski definition) is 2. The van der Waals surface area contributed by atoms with Crippen molar-refractivity contribution in [2.45, 2.75) is 26.9 Å². The van der Waals surface area contributed by atoms with Gasteiger partial charge in [-0.3, -0.25) is 4.79 Å². The van der Waals surface area contributed by atoms with Gasteiger partial charge in [-0.1, -0.05) is 12.1 Å². The number of carboxylic acids is 1. The van der Waals surface area contributed by atoms with Crippen molar-refractivity contribution < 1.29 is 9.90 Å². The van der Waals surface area contributed by atoms with Crippen LogP contribution in [0.4, 0.5) is 0 Å². The minimum atomic E-state index is -0.777. The molecular formula is C15H20N2O2. The Hall–Kier alpha value is -1.81. The highest BCUT2D eigenvalue weighted by Crippen LogP contribution is 2.25. The van der Waals surface area contributed by atoms with E-state index in [4.69, 9.17) is 0 Å². The molecule has 1 aromatic heterocycles. The van der Waals surface area contributed by atoms with E-state index in [0.29, 0.717) is 6.54 Å². The molecule has 2 N–H and O–H groups in total. The molecule has 0 saturated heterocycles. The molecule has 2 aromatic rings. The first kappa shape index (κ1) is 13.6. The van der Waals surface area contributed by atoms with Crippen molar-refractivity contribution in [3.63, 3.8) is 0 Å². The summed E-state index contributed by atoms with van der Waals surface area (Å²) in [5.74, 6) is -0.777. The number of nitrogens with zero attached hydrogens (tertiary/aromatic N) is 1. The molecule has 0 bridgehead atoms. The molecule has 102 valence electrons. The lowest BCUT2D eigenvalue weighted by Crippen LogP contribution is -2.28. The first-order valence-electron chi connectivity index (χ1n) is 6.40. The molecule has 4 heteroatoms. The van der Waals surface area contributed by atoms with Crippen molar-refractivity contribution in [3.8, 4) is 0 Å². The molecular weight excluding hydrogens is 240 g/mol. The largest absolute Gasteiger partial charge is 0.481 e. The average Bonchev–Trinajstić information content (AvgIpc) is 2.73. The summed E-state index contributed by atoms with van der Waals surface area (Å²) in [4.78, 5) is 11.2. The third kappa shape index (κ3) is 2.63. The average molecular weight is 260 g/mol. The highest BCUT2D eigenvalue weighted by atomic mass is 16.4. The number of benzene rings is 1. The van der Waals surface area contributed by atoms with Gasteiger partial charge < -0.3 is 15.0 Å². The zero-order chi connectivity index (χ0) is 14.0. The van der Waals surface area contributed by atoms with E-state index in [1.165, 1.54) is 10.9 Å². The molecule has 1 aromatic carbocycles. The van der Waals surface area contributed by atoms with Crippen LogP contribution in [0.15, 0.2) is 30.5 Å². The molecule has 0 spiro atoms. The van der Waals surface area contributed by atoms with Crippen molar-refractivity contribution in [3.05, 3.63) is 36.0 Å². The predicted octanol–water partition coefficient (Wildman–Crippen LogP) is 2.47. The van der Waals surface area contributed by atoms with E-state index in [0.717, 1.165) is 12.1 Å². The number of carboxylic acid groups (broad SMARTS) is 1. The second kappa shape index (κ2) is 5.05. The Balaban J connectivity index is 2.41. The zero-order valence-corrected chi connectivity index (χ0v) is 11.6. The van der Waals surface area contributed by atoms with Gasteiger partial charge in [0.15, 0.2) is 0 Å². The van der Waals surface area contributed by atoms with Gasteiger partial charge in [0.2, 0.25) is 0 Å². The summed E-state index contributed by atoms with van der Waals surface area (Å²) in [6.07, 6.45) is 1.97. The van der Waals surface area contributed by atoms with Crippen LogP contribution in [0.5, 0.6) is 0 Å². The lowest BCUT2D eigenvalue weighted by molar-refractivity contribution is -0.147. The van der Waals surface area contributed by atoms with Crippen LogP contribution < -0.4 is 5.32 Å². The predicted molar refractivity (Wildman–Crippen MR) is 76.1 cm³/mol. The molecule has 0 atom stereocenters. The fourth-order valence-corrected chi connectivity index (χ4v) is 2.26. The van der Waals surface area contributed by atoms with Gasteiger partial charge in [0.1, 0.15) is 0 Å². The summed E-state index contributed by atoms with van der Waals surface area (Å²) >= 11 is 0. The van der Waals surface area contributed by atoms with Crippen molar-refractivity contribution >= 4 is 16.9 Å². The molecule has 2 rings (SSSR count). The van der Waals surface area contributed by atoms with Crippen molar-refractivity contribution in [2.24, 2.45) is 5.41 Å². The maximum Gasteiger partial charge on any atom is 0.310 e. The third-order valence-corrected chi connectivity index (χ3v) is 3.42. The number of aromatic nitrogens is 1. The summed E-state index contributed by atoms with van der Waals surface area (Å²) in [5.41, 5.74) is 1.54. The van der Waals surface area contributed by atoms with Gasteiger partial charge in [-0.05, 0) is 38.6 Å². The molecule has 19 heavy (non-hydrogen) atoms. The molecule has 0 aliphatic rings. The molecule has 0 aliphatic heterocycles. The van der Waals surface area contributed by atoms with Gasteiger partial charge in [-0.2, -0.15) is 0 Å². The van der Waals surface area contributed by atoms with Crippen molar-refractivity contribution in [2.75, 3.05) is 7.05 Å². The summed E-state index contributed by atoms with van der Waals surface area (Å²) in [6.45, 7) is 4.77. The molecule has 0 saturated carbocycles. The molecule has 0 aliphatic carbocycles. The summed E-state index contributed by atoms with van der Waals surface area (Å²) in [7, 11) is 1.92. The summed E-state index contributed by atoms with van der Waals surface area (Å²) < 4.78 is 2.02. The lowest BCUT2D eigenvalue weighted by atomic mass is 9.94. The van der Waals surface area contributed by atoms with E-state index in [-0.39, 0.29) is 0 Å². The van der Waals surface area contributed by atoms with Crippen LogP contribution in [0.25, 0.3) is 10.9 Å². The highest BCUT2D eigenvalue weighted by Gasteiger charge is 2.28. The maximum atomic E-state index is 11.2. The van der Waals surface area contributed by atoms with Crippen LogP contribution in [-0.4, -0.2) is 22.7 Å². The number of fused-ring (bicyclic) bond motifs is 1. The highest BCUT2D eigenvalue weighted by molar-refractivity contribution is 5.84. The summed E-state index contributed by atoms with van der Waals surface area (Å²) in [6, 6.07) is 8.19. The fourth-order valence-electron chi connectivity index (χ4n) is 2.26. The van der Waals surface area contributed by atoms with E-state index >= 15 is 0 Å². The number of nitrogens with one attached hydrogen (secondary N) is 1. The molecule has 0 unspecified atom stereocenters. The Labute approximate surface area is 113 Å². The van der Waals surface area contributed by atoms with Crippen LogP contribution in [0, 0.1) is 5.41 Å². The van der Waals surface area contributed by atoms with E-state index in [1.54, 1.807) is 13.8 Å². The molecule has 1 heterocycles. The van der Waals surface area contributed by atoms with Gasteiger partial charge in [0.05, 0.1) is 5.41 Å². The van der Waals surface area contributed by atoms with Crippen LogP contribution in [0.3, 0.4) is 0 Å². The van der Waals surface area contributed by atoms with Gasteiger partial charge >= 0.3 is 5.97 Å². The van der Waals surface area contributed by atoms with Crippen LogP contribution >= 0.6 is 0 Å². The molecule has 0 radical (unpaired) electrons. The molecule has 4 nitrogen and oxygen atoms in total.